The van der Waals surface area contributed by atoms with Gasteiger partial charge in [0.05, 0.1) is 10.9 Å². The zero-order valence-electron chi connectivity index (χ0n) is 8.98. The summed E-state index contributed by atoms with van der Waals surface area (Å²) in [5.74, 6) is 0. The highest BCUT2D eigenvalue weighted by atomic mass is 35.5. The van der Waals surface area contributed by atoms with Crippen LogP contribution in [0.3, 0.4) is 0 Å². The molecule has 0 aliphatic heterocycles. The molecule has 16 heavy (non-hydrogen) atoms. The zero-order chi connectivity index (χ0) is 12.0. The van der Waals surface area contributed by atoms with E-state index in [1.54, 1.807) is 0 Å². The Bertz CT molecular complexity index is 411. The minimum atomic E-state index is 0.187. The predicted molar refractivity (Wildman–Crippen MR) is 67.1 cm³/mol. The third-order valence-electron chi connectivity index (χ3n) is 1.90. The largest absolute Gasteiger partial charge is 0.398 e. The Labute approximate surface area is 99.5 Å². The number of nitrogens with two attached hydrogens (primary N) is 2. The molecule has 0 saturated carbocycles. The van der Waals surface area contributed by atoms with Crippen molar-refractivity contribution in [3.63, 3.8) is 0 Å². The lowest BCUT2D eigenvalue weighted by atomic mass is 10.1. The van der Waals surface area contributed by atoms with Gasteiger partial charge in [-0.15, -0.1) is 0 Å². The first-order valence-electron chi connectivity index (χ1n) is 4.74. The monoisotopic (exact) mass is 239 g/mol. The quantitative estimate of drug-likeness (QED) is 0.278. The van der Waals surface area contributed by atoms with E-state index in [0.29, 0.717) is 11.4 Å². The van der Waals surface area contributed by atoms with Crippen LogP contribution in [0.15, 0.2) is 40.7 Å². The van der Waals surface area contributed by atoms with Crippen molar-refractivity contribution in [2.45, 2.75) is 6.92 Å². The number of nitrogens with zero attached hydrogens (tertiary/aromatic N) is 1. The normalized spacial score (nSPS) is 12.6. The molecule has 0 fully saturated rings. The summed E-state index contributed by atoms with van der Waals surface area (Å²) in [6.07, 6.45) is 1.52. The SMILES string of the molecule is C/C(=N\OC/C=C(\N)Cl)c1ccccc1N. The van der Waals surface area contributed by atoms with Crippen LogP contribution in [0.1, 0.15) is 12.5 Å². The average Bonchev–Trinajstić information content (AvgIpc) is 2.24. The van der Waals surface area contributed by atoms with Crippen molar-refractivity contribution in [1.29, 1.82) is 0 Å². The van der Waals surface area contributed by atoms with Crippen molar-refractivity contribution < 1.29 is 4.84 Å². The van der Waals surface area contributed by atoms with Crippen LogP contribution in [-0.4, -0.2) is 12.3 Å². The summed E-state index contributed by atoms with van der Waals surface area (Å²) in [6.45, 7) is 2.05. The second-order valence-corrected chi connectivity index (χ2v) is 3.59. The van der Waals surface area contributed by atoms with Gasteiger partial charge in [-0.3, -0.25) is 0 Å². The van der Waals surface area contributed by atoms with E-state index in [4.69, 9.17) is 27.9 Å². The van der Waals surface area contributed by atoms with E-state index in [9.17, 15) is 0 Å². The fourth-order valence-corrected chi connectivity index (χ4v) is 1.19. The number of benzene rings is 1. The summed E-state index contributed by atoms with van der Waals surface area (Å²) in [7, 11) is 0. The maximum atomic E-state index is 5.78. The molecular formula is C11H14ClN3O. The van der Waals surface area contributed by atoms with Crippen molar-refractivity contribution in [2.24, 2.45) is 10.9 Å². The standard InChI is InChI=1S/C11H14ClN3O/c1-8(15-16-7-6-11(12)14)9-4-2-3-5-10(9)13/h2-6H,7,13-14H2,1H3/b11-6-,15-8+. The highest BCUT2D eigenvalue weighted by Gasteiger charge is 2.01. The van der Waals surface area contributed by atoms with Gasteiger partial charge in [0.2, 0.25) is 0 Å². The van der Waals surface area contributed by atoms with Crippen LogP contribution in [-0.2, 0) is 4.84 Å². The van der Waals surface area contributed by atoms with Crippen LogP contribution in [0.5, 0.6) is 0 Å². The molecule has 1 rings (SSSR count). The van der Waals surface area contributed by atoms with Gasteiger partial charge in [0.1, 0.15) is 6.61 Å². The predicted octanol–water partition coefficient (Wildman–Crippen LogP) is 2.05. The third-order valence-corrected chi connectivity index (χ3v) is 2.06. The zero-order valence-corrected chi connectivity index (χ0v) is 9.74. The van der Waals surface area contributed by atoms with Gasteiger partial charge in [0.15, 0.2) is 0 Å². The van der Waals surface area contributed by atoms with Crippen molar-refractivity contribution in [3.05, 3.63) is 41.1 Å². The molecule has 0 aliphatic rings. The molecule has 0 radical (unpaired) electrons. The Balaban J connectivity index is 2.64. The maximum absolute atomic E-state index is 5.78. The molecule has 0 bridgehead atoms. The van der Waals surface area contributed by atoms with E-state index >= 15 is 0 Å². The topological polar surface area (TPSA) is 73.6 Å². The average molecular weight is 240 g/mol. The smallest absolute Gasteiger partial charge is 0.138 e. The molecule has 4 nitrogen and oxygen atoms in total. The molecule has 0 heterocycles. The molecule has 4 N–H and O–H groups in total. The molecule has 1 aromatic carbocycles. The second kappa shape index (κ2) is 6.02. The first-order chi connectivity index (χ1) is 7.61. The number of hydrogen-bond donors (Lipinski definition) is 2. The van der Waals surface area contributed by atoms with E-state index in [2.05, 4.69) is 5.16 Å². The molecule has 5 heteroatoms. The Morgan fingerprint density at radius 2 is 2.19 bits per heavy atom. The number of anilines is 1. The molecule has 86 valence electrons. The number of rotatable bonds is 4. The fourth-order valence-electron chi connectivity index (χ4n) is 1.13. The van der Waals surface area contributed by atoms with Crippen molar-refractivity contribution in [1.82, 2.24) is 0 Å². The van der Waals surface area contributed by atoms with Crippen molar-refractivity contribution >= 4 is 23.0 Å². The maximum Gasteiger partial charge on any atom is 0.138 e. The minimum Gasteiger partial charge on any atom is -0.398 e. The van der Waals surface area contributed by atoms with E-state index in [0.717, 1.165) is 5.56 Å². The molecule has 0 aliphatic carbocycles. The molecule has 0 amide bonds. The summed E-state index contributed by atoms with van der Waals surface area (Å²) >= 11 is 5.43. The van der Waals surface area contributed by atoms with Gasteiger partial charge in [-0.1, -0.05) is 35.0 Å². The molecule has 0 spiro atoms. The van der Waals surface area contributed by atoms with E-state index in [-0.39, 0.29) is 11.8 Å². The van der Waals surface area contributed by atoms with E-state index < -0.39 is 0 Å². The van der Waals surface area contributed by atoms with Crippen LogP contribution in [0.4, 0.5) is 5.69 Å². The first-order valence-corrected chi connectivity index (χ1v) is 5.11. The Hall–Kier alpha value is -1.68. The van der Waals surface area contributed by atoms with Crippen LogP contribution in [0, 0.1) is 0 Å². The highest BCUT2D eigenvalue weighted by Crippen LogP contribution is 2.11. The Kier molecular flexibility index (Phi) is 4.66. The molecule has 1 aromatic rings. The van der Waals surface area contributed by atoms with Gasteiger partial charge in [-0.05, 0) is 19.1 Å². The number of para-hydroxylation sites is 1. The summed E-state index contributed by atoms with van der Waals surface area (Å²) in [5.41, 5.74) is 13.2. The fraction of sp³-hybridized carbons (Fsp3) is 0.182. The number of halogens is 1. The molecule has 0 atom stereocenters. The molecule has 0 saturated heterocycles. The minimum absolute atomic E-state index is 0.187. The molecule has 0 unspecified atom stereocenters. The molecular weight excluding hydrogens is 226 g/mol. The molecule has 0 aromatic heterocycles. The van der Waals surface area contributed by atoms with Crippen molar-refractivity contribution in [2.75, 3.05) is 12.3 Å². The number of oxime groups is 1. The van der Waals surface area contributed by atoms with Gasteiger partial charge >= 0.3 is 0 Å². The van der Waals surface area contributed by atoms with Gasteiger partial charge in [0.25, 0.3) is 0 Å². The van der Waals surface area contributed by atoms with Crippen LogP contribution in [0.2, 0.25) is 0 Å². The summed E-state index contributed by atoms with van der Waals surface area (Å²) in [4.78, 5) is 5.01. The van der Waals surface area contributed by atoms with E-state index in [1.807, 2.05) is 31.2 Å². The Morgan fingerprint density at radius 3 is 2.81 bits per heavy atom. The van der Waals surface area contributed by atoms with Gasteiger partial charge in [-0.2, -0.15) is 0 Å². The lowest BCUT2D eigenvalue weighted by molar-refractivity contribution is 0.174. The second-order valence-electron chi connectivity index (χ2n) is 3.15. The lowest BCUT2D eigenvalue weighted by Crippen LogP contribution is -2.01. The summed E-state index contributed by atoms with van der Waals surface area (Å²) in [5, 5.41) is 4.09. The highest BCUT2D eigenvalue weighted by molar-refractivity contribution is 6.28. The Morgan fingerprint density at radius 1 is 1.50 bits per heavy atom. The number of nitrogen functional groups attached to an aromatic ring is 1. The summed E-state index contributed by atoms with van der Waals surface area (Å²) in [6, 6.07) is 7.44. The third kappa shape index (κ3) is 3.82. The van der Waals surface area contributed by atoms with Gasteiger partial charge < -0.3 is 16.3 Å². The lowest BCUT2D eigenvalue weighted by Gasteiger charge is -2.03. The first kappa shape index (κ1) is 12.4. The van der Waals surface area contributed by atoms with Gasteiger partial charge in [-0.25, -0.2) is 0 Å². The van der Waals surface area contributed by atoms with Crippen LogP contribution >= 0.6 is 11.6 Å². The van der Waals surface area contributed by atoms with Gasteiger partial charge in [0, 0.05) is 11.3 Å². The van der Waals surface area contributed by atoms with Crippen molar-refractivity contribution in [3.8, 4) is 0 Å². The van der Waals surface area contributed by atoms with E-state index in [1.165, 1.54) is 6.08 Å². The number of hydrogen-bond acceptors (Lipinski definition) is 4. The summed E-state index contributed by atoms with van der Waals surface area (Å²) < 4.78 is 0. The van der Waals surface area contributed by atoms with Crippen LogP contribution < -0.4 is 11.5 Å². The van der Waals surface area contributed by atoms with Crippen LogP contribution in [0.25, 0.3) is 0 Å².